The topological polar surface area (TPSA) is 64.1 Å². The summed E-state index contributed by atoms with van der Waals surface area (Å²) in [6, 6.07) is 5.34. The highest BCUT2D eigenvalue weighted by Crippen LogP contribution is 2.15. The molecule has 0 saturated carbocycles. The Kier molecular flexibility index (Phi) is 5.06. The van der Waals surface area contributed by atoms with Crippen molar-refractivity contribution >= 4 is 27.7 Å². The number of hydrogen-bond donors (Lipinski definition) is 1. The number of carbonyl (C=O) groups excluding carboxylic acids is 1. The van der Waals surface area contributed by atoms with Crippen molar-refractivity contribution in [2.24, 2.45) is 0 Å². The van der Waals surface area contributed by atoms with Gasteiger partial charge in [0, 0.05) is 29.6 Å². The van der Waals surface area contributed by atoms with Crippen molar-refractivity contribution in [3.63, 3.8) is 0 Å². The number of anilines is 1. The second-order valence-corrected chi connectivity index (χ2v) is 4.90. The molecular weight excluding hydrogens is 322 g/mol. The minimum Gasteiger partial charge on any atom is -0.462 e. The number of rotatable bonds is 5. The number of nitrogens with zero attached hydrogens (tertiary/aromatic N) is 2. The molecule has 2 aromatic rings. The molecule has 0 aliphatic carbocycles. The summed E-state index contributed by atoms with van der Waals surface area (Å²) < 4.78 is 5.91. The number of hydrogen-bond acceptors (Lipinski definition) is 5. The van der Waals surface area contributed by atoms with E-state index in [2.05, 4.69) is 31.2 Å². The highest BCUT2D eigenvalue weighted by Gasteiger charge is 2.12. The molecule has 2 rings (SSSR count). The van der Waals surface area contributed by atoms with Gasteiger partial charge in [-0.1, -0.05) is 0 Å². The Morgan fingerprint density at radius 1 is 1.45 bits per heavy atom. The van der Waals surface area contributed by atoms with Crippen LogP contribution in [0.5, 0.6) is 0 Å². The highest BCUT2D eigenvalue weighted by molar-refractivity contribution is 9.10. The Morgan fingerprint density at radius 2 is 2.30 bits per heavy atom. The summed E-state index contributed by atoms with van der Waals surface area (Å²) in [4.78, 5) is 20.1. The van der Waals surface area contributed by atoms with E-state index >= 15 is 0 Å². The lowest BCUT2D eigenvalue weighted by Crippen LogP contribution is -2.11. The van der Waals surface area contributed by atoms with Gasteiger partial charge in [-0.2, -0.15) is 0 Å². The molecule has 0 atom stereocenters. The van der Waals surface area contributed by atoms with Crippen molar-refractivity contribution in [3.8, 4) is 0 Å². The van der Waals surface area contributed by atoms with Gasteiger partial charge in [0.1, 0.15) is 11.4 Å². The number of nitrogens with one attached hydrogen (secondary N) is 1. The second-order valence-electron chi connectivity index (χ2n) is 3.99. The maximum absolute atomic E-state index is 11.8. The number of esters is 1. The third-order valence-corrected chi connectivity index (χ3v) is 2.96. The van der Waals surface area contributed by atoms with Crippen LogP contribution >= 0.6 is 15.9 Å². The molecule has 2 heterocycles. The maximum atomic E-state index is 11.8. The van der Waals surface area contributed by atoms with Gasteiger partial charge in [0.25, 0.3) is 0 Å². The molecule has 0 fully saturated rings. The van der Waals surface area contributed by atoms with E-state index in [-0.39, 0.29) is 5.97 Å². The third-order valence-electron chi connectivity index (χ3n) is 2.52. The van der Waals surface area contributed by atoms with Gasteiger partial charge >= 0.3 is 5.97 Å². The van der Waals surface area contributed by atoms with E-state index in [1.165, 1.54) is 0 Å². The lowest BCUT2D eigenvalue weighted by molar-refractivity contribution is 0.0527. The van der Waals surface area contributed by atoms with Crippen LogP contribution in [0, 0.1) is 0 Å². The van der Waals surface area contributed by atoms with Crippen LogP contribution in [0.15, 0.2) is 41.3 Å². The van der Waals surface area contributed by atoms with Crippen LogP contribution in [0.4, 0.5) is 5.82 Å². The smallest absolute Gasteiger partial charge is 0.341 e. The standard InChI is InChI=1S/C14H14BrN3O2/c1-2-20-14(19)12-4-3-5-17-13(12)18-8-10-6-11(15)9-16-7-10/h3-7,9H,2,8H2,1H3,(H,17,18). The largest absolute Gasteiger partial charge is 0.462 e. The summed E-state index contributed by atoms with van der Waals surface area (Å²) in [6.45, 7) is 2.63. The molecule has 0 aliphatic heterocycles. The lowest BCUT2D eigenvalue weighted by atomic mass is 10.2. The quantitative estimate of drug-likeness (QED) is 0.851. The van der Waals surface area contributed by atoms with Crippen LogP contribution < -0.4 is 5.32 Å². The summed E-state index contributed by atoms with van der Waals surface area (Å²) in [5.41, 5.74) is 1.41. The molecule has 0 spiro atoms. The zero-order valence-electron chi connectivity index (χ0n) is 11.0. The Labute approximate surface area is 125 Å². The number of pyridine rings is 2. The van der Waals surface area contributed by atoms with Crippen molar-refractivity contribution in [3.05, 3.63) is 52.4 Å². The zero-order valence-corrected chi connectivity index (χ0v) is 12.6. The normalized spacial score (nSPS) is 10.1. The minimum atomic E-state index is -0.379. The summed E-state index contributed by atoms with van der Waals surface area (Å²) >= 11 is 3.37. The summed E-state index contributed by atoms with van der Waals surface area (Å²) in [6.07, 6.45) is 5.10. The molecule has 1 N–H and O–H groups in total. The first kappa shape index (κ1) is 14.5. The first-order chi connectivity index (χ1) is 9.70. The van der Waals surface area contributed by atoms with Crippen LogP contribution in [0.1, 0.15) is 22.8 Å². The van der Waals surface area contributed by atoms with E-state index in [0.717, 1.165) is 10.0 Å². The molecule has 104 valence electrons. The van der Waals surface area contributed by atoms with Crippen molar-refractivity contribution in [1.29, 1.82) is 0 Å². The summed E-state index contributed by atoms with van der Waals surface area (Å²) in [7, 11) is 0. The average Bonchev–Trinajstić information content (AvgIpc) is 2.46. The van der Waals surface area contributed by atoms with Gasteiger partial charge in [-0.15, -0.1) is 0 Å². The van der Waals surface area contributed by atoms with Gasteiger partial charge < -0.3 is 10.1 Å². The second kappa shape index (κ2) is 7.00. The molecule has 0 unspecified atom stereocenters. The number of aromatic nitrogens is 2. The van der Waals surface area contributed by atoms with Crippen molar-refractivity contribution < 1.29 is 9.53 Å². The van der Waals surface area contributed by atoms with Gasteiger partial charge in [-0.25, -0.2) is 9.78 Å². The predicted octanol–water partition coefficient (Wildman–Crippen LogP) is 3.03. The minimum absolute atomic E-state index is 0.336. The van der Waals surface area contributed by atoms with Crippen LogP contribution in [-0.4, -0.2) is 22.5 Å². The summed E-state index contributed by atoms with van der Waals surface area (Å²) in [5.74, 6) is 0.126. The highest BCUT2D eigenvalue weighted by atomic mass is 79.9. The third kappa shape index (κ3) is 3.77. The van der Waals surface area contributed by atoms with E-state index in [4.69, 9.17) is 4.74 Å². The van der Waals surface area contributed by atoms with Gasteiger partial charge in [0.2, 0.25) is 0 Å². The monoisotopic (exact) mass is 335 g/mol. The molecule has 0 bridgehead atoms. The maximum Gasteiger partial charge on any atom is 0.341 e. The predicted molar refractivity (Wildman–Crippen MR) is 79.5 cm³/mol. The fraction of sp³-hybridized carbons (Fsp3) is 0.214. The van der Waals surface area contributed by atoms with E-state index in [1.54, 1.807) is 37.6 Å². The van der Waals surface area contributed by atoms with Gasteiger partial charge in [-0.05, 0) is 46.6 Å². The lowest BCUT2D eigenvalue weighted by Gasteiger charge is -2.10. The Balaban J connectivity index is 2.11. The molecule has 0 saturated heterocycles. The van der Waals surface area contributed by atoms with Crippen molar-refractivity contribution in [2.45, 2.75) is 13.5 Å². The Morgan fingerprint density at radius 3 is 3.05 bits per heavy atom. The van der Waals surface area contributed by atoms with Crippen LogP contribution in [0.3, 0.4) is 0 Å². The van der Waals surface area contributed by atoms with Crippen LogP contribution in [0.2, 0.25) is 0 Å². The molecule has 20 heavy (non-hydrogen) atoms. The molecular formula is C14H14BrN3O2. The molecule has 0 radical (unpaired) electrons. The fourth-order valence-corrected chi connectivity index (χ4v) is 2.07. The van der Waals surface area contributed by atoms with Gasteiger partial charge in [0.15, 0.2) is 0 Å². The molecule has 6 heteroatoms. The van der Waals surface area contributed by atoms with Crippen LogP contribution in [-0.2, 0) is 11.3 Å². The van der Waals surface area contributed by atoms with E-state index in [9.17, 15) is 4.79 Å². The van der Waals surface area contributed by atoms with Gasteiger partial charge in [0.05, 0.1) is 6.61 Å². The van der Waals surface area contributed by atoms with E-state index < -0.39 is 0 Å². The van der Waals surface area contributed by atoms with Crippen molar-refractivity contribution in [2.75, 3.05) is 11.9 Å². The molecule has 2 aromatic heterocycles. The SMILES string of the molecule is CCOC(=O)c1cccnc1NCc1cncc(Br)c1. The van der Waals surface area contributed by atoms with Crippen LogP contribution in [0.25, 0.3) is 0 Å². The van der Waals surface area contributed by atoms with E-state index in [1.807, 2.05) is 6.07 Å². The first-order valence-electron chi connectivity index (χ1n) is 6.16. The van der Waals surface area contributed by atoms with Gasteiger partial charge in [-0.3, -0.25) is 4.98 Å². The Bertz CT molecular complexity index is 604. The van der Waals surface area contributed by atoms with Crippen molar-refractivity contribution in [1.82, 2.24) is 9.97 Å². The summed E-state index contributed by atoms with van der Waals surface area (Å²) in [5, 5.41) is 3.12. The fourth-order valence-electron chi connectivity index (χ4n) is 1.66. The Hall–Kier alpha value is -1.95. The number of halogens is 1. The zero-order chi connectivity index (χ0) is 14.4. The number of carbonyl (C=O) groups is 1. The molecule has 0 aromatic carbocycles. The first-order valence-corrected chi connectivity index (χ1v) is 6.95. The number of ether oxygens (including phenoxy) is 1. The molecule has 0 aliphatic rings. The average molecular weight is 336 g/mol. The molecule has 0 amide bonds. The molecule has 5 nitrogen and oxygen atoms in total. The van der Waals surface area contributed by atoms with E-state index in [0.29, 0.717) is 24.5 Å².